The number of aromatic nitrogens is 1. The van der Waals surface area contributed by atoms with Gasteiger partial charge in [0.1, 0.15) is 6.04 Å². The zero-order valence-corrected chi connectivity index (χ0v) is 10.8. The van der Waals surface area contributed by atoms with Crippen LogP contribution in [0.4, 0.5) is 5.13 Å². The first-order valence-corrected chi connectivity index (χ1v) is 6.46. The second-order valence-corrected chi connectivity index (χ2v) is 6.02. The van der Waals surface area contributed by atoms with Crippen molar-refractivity contribution < 1.29 is 9.90 Å². The fourth-order valence-electron chi connectivity index (χ4n) is 1.77. The van der Waals surface area contributed by atoms with Crippen LogP contribution in [0, 0.1) is 11.3 Å². The summed E-state index contributed by atoms with van der Waals surface area (Å²) in [6.45, 7) is 5.38. The number of carboxylic acids is 1. The summed E-state index contributed by atoms with van der Waals surface area (Å²) < 4.78 is 0. The van der Waals surface area contributed by atoms with Crippen LogP contribution in [0.5, 0.6) is 0 Å². The van der Waals surface area contributed by atoms with Gasteiger partial charge in [-0.25, -0.2) is 4.98 Å². The van der Waals surface area contributed by atoms with E-state index in [0.29, 0.717) is 17.0 Å². The van der Waals surface area contributed by atoms with Crippen molar-refractivity contribution in [2.24, 2.45) is 17.1 Å². The molecule has 5 nitrogen and oxygen atoms in total. The topological polar surface area (TPSA) is 88.2 Å². The Kier molecular flexibility index (Phi) is 3.09. The van der Waals surface area contributed by atoms with E-state index >= 15 is 0 Å². The van der Waals surface area contributed by atoms with Crippen molar-refractivity contribution in [1.82, 2.24) is 4.98 Å². The molecule has 94 valence electrons. The average Bonchev–Trinajstić information content (AvgIpc) is 2.68. The Bertz CT molecular complexity index is 430. The number of hydrogen-bond acceptors (Lipinski definition) is 5. The number of aliphatic carboxylic acids is 1. The van der Waals surface area contributed by atoms with Crippen molar-refractivity contribution >= 4 is 22.4 Å². The van der Waals surface area contributed by atoms with Crippen LogP contribution in [0.25, 0.3) is 0 Å². The predicted molar refractivity (Wildman–Crippen MR) is 67.1 cm³/mol. The van der Waals surface area contributed by atoms with Crippen LogP contribution < -0.4 is 11.1 Å². The van der Waals surface area contributed by atoms with Gasteiger partial charge in [-0.05, 0) is 17.8 Å². The zero-order chi connectivity index (χ0) is 12.6. The number of thiazole rings is 1. The van der Waals surface area contributed by atoms with Crippen molar-refractivity contribution in [3.8, 4) is 0 Å². The van der Waals surface area contributed by atoms with Gasteiger partial charge in [0.15, 0.2) is 5.13 Å². The molecule has 2 rings (SSSR count). The van der Waals surface area contributed by atoms with Gasteiger partial charge >= 0.3 is 5.97 Å². The number of rotatable bonds is 5. The van der Waals surface area contributed by atoms with Crippen molar-refractivity contribution in [2.75, 3.05) is 11.9 Å². The number of nitrogens with one attached hydrogen (secondary N) is 1. The fourth-order valence-corrected chi connectivity index (χ4v) is 2.53. The molecule has 1 aliphatic carbocycles. The van der Waals surface area contributed by atoms with Gasteiger partial charge in [0, 0.05) is 11.9 Å². The van der Waals surface area contributed by atoms with E-state index in [1.54, 1.807) is 5.38 Å². The van der Waals surface area contributed by atoms with E-state index in [2.05, 4.69) is 24.1 Å². The van der Waals surface area contributed by atoms with Gasteiger partial charge in [0.2, 0.25) is 0 Å². The summed E-state index contributed by atoms with van der Waals surface area (Å²) in [7, 11) is 0. The van der Waals surface area contributed by atoms with Crippen molar-refractivity contribution in [1.29, 1.82) is 0 Å². The SMILES string of the molecule is CC1(C)CC1CNc1nc(C(N)C(=O)O)cs1. The van der Waals surface area contributed by atoms with E-state index in [1.807, 2.05) is 0 Å². The van der Waals surface area contributed by atoms with Gasteiger partial charge in [-0.15, -0.1) is 11.3 Å². The number of hydrogen-bond donors (Lipinski definition) is 3. The molecule has 0 spiro atoms. The Hall–Kier alpha value is -1.14. The Balaban J connectivity index is 1.88. The minimum atomic E-state index is -1.05. The molecule has 0 amide bonds. The fraction of sp³-hybridized carbons (Fsp3) is 0.636. The standard InChI is InChI=1S/C11H17N3O2S/c1-11(2)3-6(11)4-13-10-14-7(5-17-10)8(12)9(15)16/h5-6,8H,3-4,12H2,1-2H3,(H,13,14)(H,15,16). The third-order valence-corrected chi connectivity index (χ3v) is 4.14. The highest BCUT2D eigenvalue weighted by molar-refractivity contribution is 7.13. The molecule has 1 fully saturated rings. The number of carbonyl (C=O) groups is 1. The van der Waals surface area contributed by atoms with Crippen LogP contribution >= 0.6 is 11.3 Å². The lowest BCUT2D eigenvalue weighted by molar-refractivity contribution is -0.138. The first-order valence-electron chi connectivity index (χ1n) is 5.58. The molecule has 6 heteroatoms. The molecule has 0 aliphatic heterocycles. The number of nitrogens with two attached hydrogens (primary N) is 1. The summed E-state index contributed by atoms with van der Waals surface area (Å²) in [6.07, 6.45) is 1.23. The highest BCUT2D eigenvalue weighted by Crippen LogP contribution is 2.51. The molecule has 2 unspecified atom stereocenters. The van der Waals surface area contributed by atoms with E-state index in [-0.39, 0.29) is 0 Å². The van der Waals surface area contributed by atoms with E-state index in [1.165, 1.54) is 17.8 Å². The van der Waals surface area contributed by atoms with Gasteiger partial charge in [-0.2, -0.15) is 0 Å². The normalized spacial score (nSPS) is 23.1. The molecule has 17 heavy (non-hydrogen) atoms. The van der Waals surface area contributed by atoms with Gasteiger partial charge in [0.05, 0.1) is 5.69 Å². The third kappa shape index (κ3) is 2.76. The molecule has 1 aromatic heterocycles. The summed E-state index contributed by atoms with van der Waals surface area (Å²) in [4.78, 5) is 14.9. The number of anilines is 1. The quantitative estimate of drug-likeness (QED) is 0.745. The van der Waals surface area contributed by atoms with Crippen LogP contribution in [-0.4, -0.2) is 22.6 Å². The second kappa shape index (κ2) is 4.27. The number of carboxylic acid groups (broad SMARTS) is 1. The van der Waals surface area contributed by atoms with Crippen LogP contribution in [0.1, 0.15) is 32.0 Å². The highest BCUT2D eigenvalue weighted by Gasteiger charge is 2.45. The second-order valence-electron chi connectivity index (χ2n) is 5.16. The lowest BCUT2D eigenvalue weighted by Gasteiger charge is -2.04. The van der Waals surface area contributed by atoms with Crippen LogP contribution in [0.3, 0.4) is 0 Å². The van der Waals surface area contributed by atoms with E-state index in [0.717, 1.165) is 11.7 Å². The minimum Gasteiger partial charge on any atom is -0.480 e. The first-order chi connectivity index (χ1) is 7.90. The van der Waals surface area contributed by atoms with E-state index < -0.39 is 12.0 Å². The molecule has 1 aromatic rings. The summed E-state index contributed by atoms with van der Waals surface area (Å²) in [6, 6.07) is -1.03. The lowest BCUT2D eigenvalue weighted by Crippen LogP contribution is -2.21. The van der Waals surface area contributed by atoms with Gasteiger partial charge in [-0.1, -0.05) is 13.8 Å². The van der Waals surface area contributed by atoms with E-state index in [4.69, 9.17) is 10.8 Å². The maximum Gasteiger partial charge on any atom is 0.326 e. The van der Waals surface area contributed by atoms with Gasteiger partial charge in [0.25, 0.3) is 0 Å². The molecule has 2 atom stereocenters. The summed E-state index contributed by atoms with van der Waals surface area (Å²) in [5.41, 5.74) is 6.33. The lowest BCUT2D eigenvalue weighted by atomic mass is 10.1. The zero-order valence-electron chi connectivity index (χ0n) is 9.93. The summed E-state index contributed by atoms with van der Waals surface area (Å²) in [5.74, 6) is -0.367. The third-order valence-electron chi connectivity index (χ3n) is 3.32. The van der Waals surface area contributed by atoms with E-state index in [9.17, 15) is 4.79 Å². The minimum absolute atomic E-state index is 0.417. The molecule has 4 N–H and O–H groups in total. The Morgan fingerprint density at radius 1 is 1.82 bits per heavy atom. The van der Waals surface area contributed by atoms with Crippen molar-refractivity contribution in [2.45, 2.75) is 26.3 Å². The molecule has 0 saturated heterocycles. The Labute approximate surface area is 104 Å². The van der Waals surface area contributed by atoms with Crippen LogP contribution in [-0.2, 0) is 4.79 Å². The van der Waals surface area contributed by atoms with Gasteiger partial charge in [-0.3, -0.25) is 4.79 Å². The molecular weight excluding hydrogens is 238 g/mol. The van der Waals surface area contributed by atoms with Crippen LogP contribution in [0.15, 0.2) is 5.38 Å². The molecule has 0 bridgehead atoms. The largest absolute Gasteiger partial charge is 0.480 e. The summed E-state index contributed by atoms with van der Waals surface area (Å²) in [5, 5.41) is 14.4. The monoisotopic (exact) mass is 255 g/mol. The molecule has 1 heterocycles. The molecule has 1 saturated carbocycles. The maximum absolute atomic E-state index is 10.7. The molecule has 0 aromatic carbocycles. The van der Waals surface area contributed by atoms with Crippen molar-refractivity contribution in [3.63, 3.8) is 0 Å². The van der Waals surface area contributed by atoms with Gasteiger partial charge < -0.3 is 16.2 Å². The Morgan fingerprint density at radius 3 is 3.00 bits per heavy atom. The first kappa shape index (κ1) is 12.3. The van der Waals surface area contributed by atoms with Crippen molar-refractivity contribution in [3.05, 3.63) is 11.1 Å². The number of nitrogens with zero attached hydrogens (tertiary/aromatic N) is 1. The Morgan fingerprint density at radius 2 is 2.47 bits per heavy atom. The average molecular weight is 255 g/mol. The highest BCUT2D eigenvalue weighted by atomic mass is 32.1. The smallest absolute Gasteiger partial charge is 0.326 e. The van der Waals surface area contributed by atoms with Crippen LogP contribution in [0.2, 0.25) is 0 Å². The summed E-state index contributed by atoms with van der Waals surface area (Å²) >= 11 is 1.40. The molecule has 1 aliphatic rings. The molecular formula is C11H17N3O2S. The predicted octanol–water partition coefficient (Wildman–Crippen LogP) is 1.69. The maximum atomic E-state index is 10.7. The molecule has 0 radical (unpaired) electrons.